The minimum Gasteiger partial charge on any atom is -0.361 e. The van der Waals surface area contributed by atoms with Gasteiger partial charge >= 0.3 is 0 Å². The quantitative estimate of drug-likeness (QED) is 0.167. The molecule has 0 saturated carbocycles. The highest BCUT2D eigenvalue weighted by molar-refractivity contribution is 9.10. The highest BCUT2D eigenvalue weighted by Crippen LogP contribution is 2.28. The van der Waals surface area contributed by atoms with Crippen LogP contribution in [0.2, 0.25) is 0 Å². The van der Waals surface area contributed by atoms with E-state index in [4.69, 9.17) is 0 Å². The van der Waals surface area contributed by atoms with Crippen molar-refractivity contribution in [2.24, 2.45) is 5.10 Å². The average Bonchev–Trinajstić information content (AvgIpc) is 3.48. The molecule has 0 aliphatic heterocycles. The van der Waals surface area contributed by atoms with Gasteiger partial charge in [-0.2, -0.15) is 5.10 Å². The summed E-state index contributed by atoms with van der Waals surface area (Å²) in [6.07, 6.45) is 3.50. The first-order valence-electron chi connectivity index (χ1n) is 10.5. The van der Waals surface area contributed by atoms with Crippen molar-refractivity contribution in [2.45, 2.75) is 5.16 Å². The second-order valence-corrected chi connectivity index (χ2v) is 9.21. The Kier molecular flexibility index (Phi) is 6.55. The molecule has 3 aromatic carbocycles. The van der Waals surface area contributed by atoms with Gasteiger partial charge in [0.2, 0.25) is 0 Å². The van der Waals surface area contributed by atoms with Gasteiger partial charge in [-0.3, -0.25) is 9.36 Å². The van der Waals surface area contributed by atoms with E-state index in [1.54, 1.807) is 6.21 Å². The lowest BCUT2D eigenvalue weighted by atomic mass is 10.2. The number of para-hydroxylation sites is 1. The number of hydrazone groups is 1. The lowest BCUT2D eigenvalue weighted by molar-refractivity contribution is -0.118. The first-order chi connectivity index (χ1) is 16.7. The molecule has 0 radical (unpaired) electrons. The van der Waals surface area contributed by atoms with E-state index in [0.717, 1.165) is 32.2 Å². The van der Waals surface area contributed by atoms with Crippen molar-refractivity contribution in [3.05, 3.63) is 95.1 Å². The zero-order chi connectivity index (χ0) is 23.3. The highest BCUT2D eigenvalue weighted by Gasteiger charge is 2.17. The van der Waals surface area contributed by atoms with Crippen molar-refractivity contribution >= 4 is 50.7 Å². The maximum atomic E-state index is 12.5. The molecule has 2 heterocycles. The summed E-state index contributed by atoms with van der Waals surface area (Å²) >= 11 is 4.78. The molecule has 0 unspecified atom stereocenters. The summed E-state index contributed by atoms with van der Waals surface area (Å²) in [5, 5.41) is 14.5. The van der Waals surface area contributed by atoms with Crippen LogP contribution in [-0.4, -0.2) is 37.6 Å². The van der Waals surface area contributed by atoms with Crippen LogP contribution in [0.1, 0.15) is 5.56 Å². The van der Waals surface area contributed by atoms with Crippen molar-refractivity contribution in [1.29, 1.82) is 0 Å². The Morgan fingerprint density at radius 3 is 2.62 bits per heavy atom. The lowest BCUT2D eigenvalue weighted by Crippen LogP contribution is -2.20. The van der Waals surface area contributed by atoms with Crippen LogP contribution in [0.25, 0.3) is 28.0 Å². The van der Waals surface area contributed by atoms with Gasteiger partial charge in [0.15, 0.2) is 11.0 Å². The fraction of sp³-hybridized carbons (Fsp3) is 0.0400. The smallest absolute Gasteiger partial charge is 0.250 e. The number of nitrogens with zero attached hydrogens (tertiary/aromatic N) is 4. The van der Waals surface area contributed by atoms with Gasteiger partial charge in [-0.1, -0.05) is 76.2 Å². The molecule has 0 atom stereocenters. The van der Waals surface area contributed by atoms with E-state index in [1.165, 1.54) is 11.8 Å². The lowest BCUT2D eigenvalue weighted by Gasteiger charge is -2.10. The van der Waals surface area contributed by atoms with Gasteiger partial charge in [-0.05, 0) is 30.3 Å². The van der Waals surface area contributed by atoms with Crippen LogP contribution in [0.15, 0.2) is 99.8 Å². The van der Waals surface area contributed by atoms with E-state index in [-0.39, 0.29) is 11.7 Å². The SMILES string of the molecule is O=C(CSc1nnc(-c2ccccc2)n1-c1ccc(Br)cc1)NN=Cc1c[nH]c2ccccc12. The molecule has 0 bridgehead atoms. The molecule has 0 aliphatic carbocycles. The second-order valence-electron chi connectivity index (χ2n) is 7.36. The Labute approximate surface area is 208 Å². The first kappa shape index (κ1) is 22.1. The Morgan fingerprint density at radius 2 is 1.79 bits per heavy atom. The molecule has 2 aromatic heterocycles. The van der Waals surface area contributed by atoms with Gasteiger partial charge in [0, 0.05) is 38.4 Å². The fourth-order valence-electron chi connectivity index (χ4n) is 3.50. The monoisotopic (exact) mass is 530 g/mol. The molecule has 5 rings (SSSR count). The van der Waals surface area contributed by atoms with Crippen LogP contribution in [0.4, 0.5) is 0 Å². The molecule has 34 heavy (non-hydrogen) atoms. The molecule has 0 spiro atoms. The molecule has 9 heteroatoms. The third-order valence-corrected chi connectivity index (χ3v) is 6.55. The van der Waals surface area contributed by atoms with Crippen molar-refractivity contribution in [1.82, 2.24) is 25.2 Å². The predicted octanol–water partition coefficient (Wildman–Crippen LogP) is 5.42. The van der Waals surface area contributed by atoms with Crippen molar-refractivity contribution in [3.63, 3.8) is 0 Å². The van der Waals surface area contributed by atoms with E-state index in [9.17, 15) is 4.79 Å². The van der Waals surface area contributed by atoms with Crippen molar-refractivity contribution in [3.8, 4) is 17.1 Å². The van der Waals surface area contributed by atoms with Gasteiger partial charge < -0.3 is 4.98 Å². The van der Waals surface area contributed by atoms with Crippen molar-refractivity contribution in [2.75, 3.05) is 5.75 Å². The molecule has 0 fully saturated rings. The van der Waals surface area contributed by atoms with Crippen LogP contribution in [0, 0.1) is 0 Å². The number of nitrogens with one attached hydrogen (secondary N) is 2. The van der Waals surface area contributed by atoms with E-state index in [0.29, 0.717) is 11.0 Å². The summed E-state index contributed by atoms with van der Waals surface area (Å²) < 4.78 is 2.93. The van der Waals surface area contributed by atoms with Gasteiger partial charge in [0.1, 0.15) is 0 Å². The van der Waals surface area contributed by atoms with Crippen LogP contribution >= 0.6 is 27.7 Å². The highest BCUT2D eigenvalue weighted by atomic mass is 79.9. The summed E-state index contributed by atoms with van der Waals surface area (Å²) in [4.78, 5) is 15.6. The number of H-pyrrole nitrogens is 1. The van der Waals surface area contributed by atoms with E-state index >= 15 is 0 Å². The third kappa shape index (κ3) is 4.80. The molecular formula is C25H19BrN6OS. The predicted molar refractivity (Wildman–Crippen MR) is 139 cm³/mol. The summed E-state index contributed by atoms with van der Waals surface area (Å²) in [5.41, 5.74) is 6.37. The van der Waals surface area contributed by atoms with Crippen LogP contribution in [0.3, 0.4) is 0 Å². The Hall–Kier alpha value is -3.69. The molecule has 1 amide bonds. The number of thioether (sulfide) groups is 1. The van der Waals surface area contributed by atoms with Gasteiger partial charge in [0.25, 0.3) is 5.91 Å². The van der Waals surface area contributed by atoms with Crippen LogP contribution in [-0.2, 0) is 4.79 Å². The number of benzene rings is 3. The maximum Gasteiger partial charge on any atom is 0.250 e. The first-order valence-corrected chi connectivity index (χ1v) is 12.2. The minimum absolute atomic E-state index is 0.147. The normalized spacial score (nSPS) is 11.3. The maximum absolute atomic E-state index is 12.5. The van der Waals surface area contributed by atoms with Gasteiger partial charge in [-0.25, -0.2) is 5.43 Å². The largest absolute Gasteiger partial charge is 0.361 e. The van der Waals surface area contributed by atoms with E-state index < -0.39 is 0 Å². The standard InChI is InChI=1S/C25H19BrN6OS/c26-19-10-12-20(13-11-19)32-24(17-6-2-1-3-7-17)30-31-25(32)34-16-23(33)29-28-15-18-14-27-22-9-5-4-8-21(18)22/h1-15,27H,16H2,(H,29,33). The Balaban J connectivity index is 1.31. The Morgan fingerprint density at radius 1 is 1.03 bits per heavy atom. The van der Waals surface area contributed by atoms with E-state index in [2.05, 4.69) is 41.6 Å². The number of hydrogen-bond acceptors (Lipinski definition) is 5. The molecule has 5 aromatic rings. The number of fused-ring (bicyclic) bond motifs is 1. The molecule has 0 saturated heterocycles. The Bertz CT molecular complexity index is 1460. The summed E-state index contributed by atoms with van der Waals surface area (Å²) in [6, 6.07) is 25.7. The van der Waals surface area contributed by atoms with Crippen LogP contribution in [0.5, 0.6) is 0 Å². The average molecular weight is 531 g/mol. The van der Waals surface area contributed by atoms with Crippen LogP contribution < -0.4 is 5.43 Å². The number of rotatable bonds is 7. The number of halogens is 1. The molecule has 0 aliphatic rings. The number of aromatic amines is 1. The zero-order valence-electron chi connectivity index (χ0n) is 17.9. The number of hydrogen-bond donors (Lipinski definition) is 2. The summed E-state index contributed by atoms with van der Waals surface area (Å²) in [7, 11) is 0. The summed E-state index contributed by atoms with van der Waals surface area (Å²) in [5.74, 6) is 0.630. The van der Waals surface area contributed by atoms with E-state index in [1.807, 2.05) is 89.6 Å². The number of carbonyl (C=O) groups excluding carboxylic acids is 1. The zero-order valence-corrected chi connectivity index (χ0v) is 20.3. The molecule has 7 nitrogen and oxygen atoms in total. The fourth-order valence-corrected chi connectivity index (χ4v) is 4.51. The number of aromatic nitrogens is 4. The molecular weight excluding hydrogens is 512 g/mol. The third-order valence-electron chi connectivity index (χ3n) is 5.10. The number of amides is 1. The second kappa shape index (κ2) is 10.1. The topological polar surface area (TPSA) is 88.0 Å². The molecule has 168 valence electrons. The van der Waals surface area contributed by atoms with Crippen molar-refractivity contribution < 1.29 is 4.79 Å². The van der Waals surface area contributed by atoms with Gasteiger partial charge in [-0.15, -0.1) is 10.2 Å². The van der Waals surface area contributed by atoms with Gasteiger partial charge in [0.05, 0.1) is 12.0 Å². The number of carbonyl (C=O) groups is 1. The summed E-state index contributed by atoms with van der Waals surface area (Å²) in [6.45, 7) is 0. The molecule has 2 N–H and O–H groups in total. The minimum atomic E-state index is -0.229.